The fourth-order valence-corrected chi connectivity index (χ4v) is 4.36. The van der Waals surface area contributed by atoms with Crippen LogP contribution in [0.3, 0.4) is 0 Å². The maximum absolute atomic E-state index is 5.57. The van der Waals surface area contributed by atoms with Crippen LogP contribution in [0.4, 0.5) is 0 Å². The molecule has 4 heterocycles. The molecule has 3 aliphatic heterocycles. The first-order valence-corrected chi connectivity index (χ1v) is 9.33. The van der Waals surface area contributed by atoms with Crippen molar-refractivity contribution in [1.82, 2.24) is 4.98 Å². The molecule has 1 aromatic heterocycles. The van der Waals surface area contributed by atoms with Gasteiger partial charge < -0.3 is 0 Å². The Morgan fingerprint density at radius 2 is 1.78 bits per heavy atom. The SMILES string of the molecule is C(=C\c1nc2ccccc2s1)/c1ccc(O[P+]23OC(O2)O3)cc1. The molecule has 0 unspecified atom stereocenters. The second-order valence-electron chi connectivity index (χ2n) is 5.07. The zero-order valence-corrected chi connectivity index (χ0v) is 13.5. The van der Waals surface area contributed by atoms with Crippen LogP contribution in [0.15, 0.2) is 48.5 Å². The third-order valence-electron chi connectivity index (χ3n) is 3.47. The first-order valence-electron chi connectivity index (χ1n) is 7.06. The second kappa shape index (κ2) is 5.09. The number of hydrogen-bond donors (Lipinski definition) is 0. The quantitative estimate of drug-likeness (QED) is 0.631. The van der Waals surface area contributed by atoms with Gasteiger partial charge in [-0.15, -0.1) is 11.3 Å². The summed E-state index contributed by atoms with van der Waals surface area (Å²) in [5.41, 5.74) is 2.10. The largest absolute Gasteiger partial charge is 0.638 e. The second-order valence-corrected chi connectivity index (χ2v) is 7.84. The molecule has 3 aliphatic rings. The van der Waals surface area contributed by atoms with Gasteiger partial charge in [-0.3, -0.25) is 4.52 Å². The minimum atomic E-state index is -2.44. The van der Waals surface area contributed by atoms with Gasteiger partial charge in [-0.2, -0.15) is 0 Å². The number of hydrogen-bond acceptors (Lipinski definition) is 6. The maximum atomic E-state index is 5.57. The van der Waals surface area contributed by atoms with Gasteiger partial charge in [-0.1, -0.05) is 43.9 Å². The molecule has 6 rings (SSSR count). The third-order valence-corrected chi connectivity index (χ3v) is 6.20. The van der Waals surface area contributed by atoms with E-state index in [-0.39, 0.29) is 0 Å². The molecular formula is C16H11NO4PS+. The van der Waals surface area contributed by atoms with E-state index < -0.39 is 14.6 Å². The predicted octanol–water partition coefficient (Wildman–Crippen LogP) is 4.88. The maximum Gasteiger partial charge on any atom is 0.638 e. The van der Waals surface area contributed by atoms with Gasteiger partial charge in [0.2, 0.25) is 0 Å². The summed E-state index contributed by atoms with van der Waals surface area (Å²) in [4.78, 5) is 4.58. The summed E-state index contributed by atoms with van der Waals surface area (Å²) in [6.45, 7) is -0.501. The average Bonchev–Trinajstić information content (AvgIpc) is 2.92. The number of nitrogens with zero attached hydrogens (tertiary/aromatic N) is 1. The van der Waals surface area contributed by atoms with Gasteiger partial charge in [0.25, 0.3) is 0 Å². The summed E-state index contributed by atoms with van der Waals surface area (Å²) >= 11 is 1.68. The van der Waals surface area contributed by atoms with E-state index in [1.807, 2.05) is 54.6 Å². The molecule has 0 N–H and O–H groups in total. The molecule has 2 bridgehead atoms. The average molecular weight is 344 g/mol. The Morgan fingerprint density at radius 3 is 2.48 bits per heavy atom. The smallest absolute Gasteiger partial charge is 0.260 e. The molecule has 2 aromatic carbocycles. The van der Waals surface area contributed by atoms with Crippen LogP contribution in [0.25, 0.3) is 22.4 Å². The lowest BCUT2D eigenvalue weighted by Crippen LogP contribution is -2.48. The Morgan fingerprint density at radius 1 is 1.00 bits per heavy atom. The normalized spacial score (nSPS) is 25.3. The zero-order valence-electron chi connectivity index (χ0n) is 11.8. The van der Waals surface area contributed by atoms with Crippen molar-refractivity contribution in [3.63, 3.8) is 0 Å². The molecule has 23 heavy (non-hydrogen) atoms. The van der Waals surface area contributed by atoms with Gasteiger partial charge in [0.05, 0.1) is 10.2 Å². The predicted molar refractivity (Wildman–Crippen MR) is 89.6 cm³/mol. The van der Waals surface area contributed by atoms with Gasteiger partial charge >= 0.3 is 14.6 Å². The topological polar surface area (TPSA) is 49.8 Å². The fourth-order valence-electron chi connectivity index (χ4n) is 2.30. The highest BCUT2D eigenvalue weighted by molar-refractivity contribution is 7.59. The van der Waals surface area contributed by atoms with E-state index in [9.17, 15) is 0 Å². The highest BCUT2D eigenvalue weighted by Gasteiger charge is 2.83. The van der Waals surface area contributed by atoms with E-state index in [0.717, 1.165) is 16.1 Å². The number of aromatic nitrogens is 1. The van der Waals surface area contributed by atoms with Crippen LogP contribution in [0, 0.1) is 0 Å². The highest BCUT2D eigenvalue weighted by atomic mass is 32.1. The van der Waals surface area contributed by atoms with Gasteiger partial charge in [0.15, 0.2) is 5.75 Å². The lowest BCUT2D eigenvalue weighted by Gasteiger charge is -2.39. The van der Waals surface area contributed by atoms with Crippen molar-refractivity contribution in [3.8, 4) is 5.75 Å². The van der Waals surface area contributed by atoms with Crippen molar-refractivity contribution in [1.29, 1.82) is 0 Å². The Labute approximate surface area is 136 Å². The number of thiazole rings is 1. The first-order chi connectivity index (χ1) is 11.3. The molecule has 7 heteroatoms. The minimum Gasteiger partial charge on any atom is -0.260 e. The minimum absolute atomic E-state index is 0.501. The van der Waals surface area contributed by atoms with Crippen molar-refractivity contribution in [3.05, 3.63) is 59.1 Å². The molecule has 3 fully saturated rings. The summed E-state index contributed by atoms with van der Waals surface area (Å²) in [6, 6.07) is 15.8. The van der Waals surface area contributed by atoms with Crippen molar-refractivity contribution in [2.75, 3.05) is 0 Å². The van der Waals surface area contributed by atoms with Crippen LogP contribution in [0.2, 0.25) is 0 Å². The monoisotopic (exact) mass is 344 g/mol. The molecule has 0 atom stereocenters. The molecular weight excluding hydrogens is 333 g/mol. The van der Waals surface area contributed by atoms with E-state index in [1.54, 1.807) is 11.3 Å². The van der Waals surface area contributed by atoms with Crippen molar-refractivity contribution in [2.45, 2.75) is 6.48 Å². The van der Waals surface area contributed by atoms with Gasteiger partial charge in [0, 0.05) is 0 Å². The number of rotatable bonds is 4. The summed E-state index contributed by atoms with van der Waals surface area (Å²) in [5, 5.41) is 0.988. The number of benzene rings is 2. The number of fused-ring (bicyclic) bond motifs is 1. The molecule has 3 saturated heterocycles. The summed E-state index contributed by atoms with van der Waals surface area (Å²) in [6.07, 6.45) is 4.05. The summed E-state index contributed by atoms with van der Waals surface area (Å²) in [5.74, 6) is 0.675. The molecule has 0 aliphatic carbocycles. The lowest BCUT2D eigenvalue weighted by molar-refractivity contribution is -0.349. The Bertz CT molecular complexity index is 858. The van der Waals surface area contributed by atoms with Crippen LogP contribution in [0.1, 0.15) is 10.6 Å². The van der Waals surface area contributed by atoms with Crippen molar-refractivity contribution in [2.24, 2.45) is 0 Å². The fraction of sp³-hybridized carbons (Fsp3) is 0.0625. The molecule has 0 spiro atoms. The lowest BCUT2D eigenvalue weighted by atomic mass is 10.2. The summed E-state index contributed by atoms with van der Waals surface area (Å²) in [7, 11) is -2.44. The molecule has 0 radical (unpaired) electrons. The van der Waals surface area contributed by atoms with E-state index in [0.29, 0.717) is 5.75 Å². The van der Waals surface area contributed by atoms with Crippen LogP contribution >= 0.6 is 19.5 Å². The van der Waals surface area contributed by atoms with E-state index in [4.69, 9.17) is 18.1 Å². The van der Waals surface area contributed by atoms with Crippen LogP contribution < -0.4 is 4.52 Å². The van der Waals surface area contributed by atoms with Gasteiger partial charge in [-0.05, 0) is 35.9 Å². The van der Waals surface area contributed by atoms with Crippen LogP contribution in [-0.4, -0.2) is 11.5 Å². The van der Waals surface area contributed by atoms with E-state index in [1.165, 1.54) is 4.70 Å². The summed E-state index contributed by atoms with van der Waals surface area (Å²) < 4.78 is 22.4. The standard InChI is InChI=1S/C16H11NO4PS/c1-2-4-14-13(3-1)17-15(23-14)10-7-11-5-8-12(9-6-11)18-22-19-16(20-22)21-22/h1-10,16H/q+1/b10-7+. The zero-order chi connectivity index (χ0) is 15.3. The molecule has 0 amide bonds. The Balaban J connectivity index is 1.31. The van der Waals surface area contributed by atoms with E-state index in [2.05, 4.69) is 11.1 Å². The van der Waals surface area contributed by atoms with Crippen LogP contribution in [0.5, 0.6) is 5.75 Å². The molecule has 5 nitrogen and oxygen atoms in total. The first kappa shape index (κ1) is 13.6. The Hall–Kier alpha value is -1.82. The van der Waals surface area contributed by atoms with Gasteiger partial charge in [-0.25, -0.2) is 4.98 Å². The third kappa shape index (κ3) is 2.45. The van der Waals surface area contributed by atoms with Crippen LogP contribution in [-0.2, 0) is 13.6 Å². The van der Waals surface area contributed by atoms with E-state index >= 15 is 0 Å². The van der Waals surface area contributed by atoms with Gasteiger partial charge in [0.1, 0.15) is 5.01 Å². The molecule has 0 saturated carbocycles. The van der Waals surface area contributed by atoms with Crippen molar-refractivity contribution >= 4 is 41.9 Å². The number of para-hydroxylation sites is 1. The Kier molecular flexibility index (Phi) is 3.01. The highest BCUT2D eigenvalue weighted by Crippen LogP contribution is 2.82. The molecule has 3 aromatic rings. The molecule has 114 valence electrons. The van der Waals surface area contributed by atoms with Crippen molar-refractivity contribution < 1.29 is 18.1 Å².